The first kappa shape index (κ1) is 128. The van der Waals surface area contributed by atoms with E-state index in [0.29, 0.717) is 0 Å². The van der Waals surface area contributed by atoms with E-state index in [2.05, 4.69) is 0 Å². The molecule has 0 aromatic heterocycles. The van der Waals surface area contributed by atoms with E-state index >= 15 is 0 Å². The van der Waals surface area contributed by atoms with Crippen LogP contribution in [-0.4, -0.2) is 73.6 Å². The summed E-state index contributed by atoms with van der Waals surface area (Å²) in [4.78, 5) is 0. The van der Waals surface area contributed by atoms with E-state index in [9.17, 15) is 0 Å². The van der Waals surface area contributed by atoms with Gasteiger partial charge < -0.3 is 21.9 Å². The quantitative estimate of drug-likeness (QED) is 0.387. The molecule has 0 saturated heterocycles. The summed E-state index contributed by atoms with van der Waals surface area (Å²) < 4.78 is 0. The molecule has 0 heterocycles. The zero-order valence-electron chi connectivity index (χ0n) is 3.86. The fourth-order valence-corrected chi connectivity index (χ4v) is 0. The van der Waals surface area contributed by atoms with Gasteiger partial charge in [0.25, 0.3) is 0 Å². The molecular weight excluding hydrogens is 359 g/mol. The Morgan fingerprint density at radius 3 is 0.429 bits per heavy atom. The summed E-state index contributed by atoms with van der Waals surface area (Å²) in [6.07, 6.45) is 0. The van der Waals surface area contributed by atoms with E-state index in [-0.39, 0.29) is 93.1 Å². The van der Waals surface area contributed by atoms with Gasteiger partial charge in [-0.05, 0) is 0 Å². The van der Waals surface area contributed by atoms with Gasteiger partial charge in [0, 0.05) is 71.2 Å². The van der Waals surface area contributed by atoms with Crippen molar-refractivity contribution >= 4 is 51.7 Å². The molecule has 0 fully saturated rings. The van der Waals surface area contributed by atoms with Gasteiger partial charge in [-0.3, -0.25) is 0 Å². The van der Waals surface area contributed by atoms with E-state index in [1.54, 1.807) is 0 Å². The van der Waals surface area contributed by atoms with Crippen molar-refractivity contribution in [2.24, 2.45) is 0 Å². The second-order valence-corrected chi connectivity index (χ2v) is 0. The van der Waals surface area contributed by atoms with Crippen LogP contribution in [0.3, 0.4) is 0 Å². The van der Waals surface area contributed by atoms with Crippen molar-refractivity contribution in [3.63, 3.8) is 0 Å². The number of rotatable bonds is 0. The Bertz CT molecular complexity index is 9.65. The summed E-state index contributed by atoms with van der Waals surface area (Å²) in [7, 11) is 0. The first-order valence-corrected chi connectivity index (χ1v) is 0. The molecule has 0 aromatic carbocycles. The summed E-state index contributed by atoms with van der Waals surface area (Å²) in [5, 5.41) is 0. The van der Waals surface area contributed by atoms with Crippen LogP contribution >= 0.6 is 0 Å². The van der Waals surface area contributed by atoms with Crippen LogP contribution in [0.25, 0.3) is 0 Å². The van der Waals surface area contributed by atoms with Gasteiger partial charge in [0.1, 0.15) is 0 Å². The Morgan fingerprint density at radius 2 is 0.429 bits per heavy atom. The zero-order chi connectivity index (χ0) is 0. The third-order valence-corrected chi connectivity index (χ3v) is 0. The molecule has 40 valence electrons. The van der Waals surface area contributed by atoms with Crippen LogP contribution in [0.4, 0.5) is 0 Å². The molecule has 0 spiro atoms. The van der Waals surface area contributed by atoms with Gasteiger partial charge in [-0.1, -0.05) is 0 Å². The summed E-state index contributed by atoms with van der Waals surface area (Å²) in [5.74, 6) is 0. The van der Waals surface area contributed by atoms with Crippen molar-refractivity contribution in [1.29, 1.82) is 0 Å². The first-order valence-electron chi connectivity index (χ1n) is 0. The normalized spacial score (nSPS) is 0. The van der Waals surface area contributed by atoms with Gasteiger partial charge in [0.15, 0.2) is 0 Å². The van der Waals surface area contributed by atoms with Crippen LogP contribution in [0.1, 0.15) is 0 Å². The standard InChI is InChI=1S/2In.4H2O.Zn/h;;4*1H2;. The topological polar surface area (TPSA) is 126 Å². The summed E-state index contributed by atoms with van der Waals surface area (Å²) in [6, 6.07) is 0. The Balaban J connectivity index is 0. The summed E-state index contributed by atoms with van der Waals surface area (Å²) in [6.45, 7) is 0. The van der Waals surface area contributed by atoms with E-state index in [1.807, 2.05) is 0 Å². The fourth-order valence-electron chi connectivity index (χ4n) is 0. The van der Waals surface area contributed by atoms with E-state index in [4.69, 9.17) is 0 Å². The molecule has 0 amide bonds. The van der Waals surface area contributed by atoms with Crippen molar-refractivity contribution in [2.75, 3.05) is 0 Å². The van der Waals surface area contributed by atoms with Crippen LogP contribution in [0.15, 0.2) is 0 Å². The molecule has 0 saturated carbocycles. The second-order valence-electron chi connectivity index (χ2n) is 0. The van der Waals surface area contributed by atoms with E-state index < -0.39 is 0 Å². The largest absolute Gasteiger partial charge is 0.412 e. The summed E-state index contributed by atoms with van der Waals surface area (Å²) in [5.41, 5.74) is 0. The Hall–Kier alpha value is 2.20. The van der Waals surface area contributed by atoms with Gasteiger partial charge in [-0.2, -0.15) is 0 Å². The second kappa shape index (κ2) is 87.7. The molecule has 7 heavy (non-hydrogen) atoms. The van der Waals surface area contributed by atoms with Crippen LogP contribution in [0.2, 0.25) is 0 Å². The molecule has 0 unspecified atom stereocenters. The molecule has 0 aliphatic heterocycles. The monoisotopic (exact) mass is 366 g/mol. The van der Waals surface area contributed by atoms with Gasteiger partial charge >= 0.3 is 0 Å². The average molecular weight is 367 g/mol. The van der Waals surface area contributed by atoms with E-state index in [1.165, 1.54) is 0 Å². The van der Waals surface area contributed by atoms with Gasteiger partial charge in [0.05, 0.1) is 0 Å². The third kappa shape index (κ3) is 65.0. The first-order chi connectivity index (χ1) is 0. The minimum atomic E-state index is 0. The fraction of sp³-hybridized carbons (Fsp3) is 0. The maximum absolute atomic E-state index is 0. The third-order valence-electron chi connectivity index (χ3n) is 0. The van der Waals surface area contributed by atoms with Crippen LogP contribution in [0, 0.1) is 0 Å². The Kier molecular flexibility index (Phi) is 1600. The van der Waals surface area contributed by atoms with Gasteiger partial charge in [0.2, 0.25) is 0 Å². The zero-order valence-corrected chi connectivity index (χ0v) is 13.4. The molecule has 0 aromatic rings. The molecule has 0 aliphatic carbocycles. The van der Waals surface area contributed by atoms with Crippen LogP contribution in [-0.2, 0) is 19.5 Å². The van der Waals surface area contributed by atoms with Crippen molar-refractivity contribution < 1.29 is 41.4 Å². The Morgan fingerprint density at radius 1 is 0.429 bits per heavy atom. The van der Waals surface area contributed by atoms with Crippen molar-refractivity contribution in [3.8, 4) is 0 Å². The van der Waals surface area contributed by atoms with Gasteiger partial charge in [-0.15, -0.1) is 0 Å². The van der Waals surface area contributed by atoms with Crippen molar-refractivity contribution in [1.82, 2.24) is 0 Å². The minimum Gasteiger partial charge on any atom is -0.412 e. The predicted molar refractivity (Wildman–Crippen MR) is 26.0 cm³/mol. The van der Waals surface area contributed by atoms with Crippen molar-refractivity contribution in [3.05, 3.63) is 0 Å². The van der Waals surface area contributed by atoms with Crippen molar-refractivity contribution in [2.45, 2.75) is 0 Å². The maximum Gasteiger partial charge on any atom is 0 e. The SMILES string of the molecule is O.O.O.O.[In].[In].[Zn]. The number of hydrogen-bond donors (Lipinski definition) is 0. The molecule has 8 N–H and O–H groups in total. The minimum absolute atomic E-state index is 0. The van der Waals surface area contributed by atoms with Crippen LogP contribution < -0.4 is 0 Å². The molecule has 7 heteroatoms. The number of hydrogen-bond acceptors (Lipinski definition) is 0. The molecule has 0 rings (SSSR count). The molecule has 0 atom stereocenters. The Labute approximate surface area is 92.0 Å². The van der Waals surface area contributed by atoms with E-state index in [0.717, 1.165) is 0 Å². The molecular formula is H8In2O4Zn. The smallest absolute Gasteiger partial charge is 0 e. The summed E-state index contributed by atoms with van der Waals surface area (Å²) >= 11 is 0. The predicted octanol–water partition coefficient (Wildman–Crippen LogP) is -4.06. The maximum atomic E-state index is 0. The van der Waals surface area contributed by atoms with Gasteiger partial charge in [-0.25, -0.2) is 0 Å². The molecule has 0 bridgehead atoms. The average Bonchev–Trinajstić information content (AvgIpc) is 0. The molecule has 6 radical (unpaired) electrons. The molecule has 4 nitrogen and oxygen atoms in total. The molecule has 0 aliphatic rings. The van der Waals surface area contributed by atoms with Crippen LogP contribution in [0.5, 0.6) is 0 Å².